The van der Waals surface area contributed by atoms with E-state index >= 15 is 0 Å². The lowest BCUT2D eigenvalue weighted by molar-refractivity contribution is -0.146. The SMILES string of the molecule is CC(=O)Nc1cccc(NC(=O)COC(=O)CNC(=O)c2ccco2)c1. The molecule has 0 atom stereocenters. The second kappa shape index (κ2) is 9.02. The first-order valence-electron chi connectivity index (χ1n) is 7.59. The third-order valence-electron chi connectivity index (χ3n) is 2.97. The number of ether oxygens (including phenoxy) is 1. The van der Waals surface area contributed by atoms with Crippen LogP contribution in [0.2, 0.25) is 0 Å². The summed E-state index contributed by atoms with van der Waals surface area (Å²) in [4.78, 5) is 45.9. The number of furan rings is 1. The van der Waals surface area contributed by atoms with Crippen molar-refractivity contribution in [2.45, 2.75) is 6.92 Å². The number of anilines is 2. The highest BCUT2D eigenvalue weighted by Crippen LogP contribution is 2.14. The summed E-state index contributed by atoms with van der Waals surface area (Å²) in [6.07, 6.45) is 1.33. The molecule has 0 saturated heterocycles. The van der Waals surface area contributed by atoms with Gasteiger partial charge in [-0.25, -0.2) is 0 Å². The van der Waals surface area contributed by atoms with Gasteiger partial charge in [0, 0.05) is 18.3 Å². The van der Waals surface area contributed by atoms with Crippen LogP contribution in [0.15, 0.2) is 47.1 Å². The fourth-order valence-electron chi connectivity index (χ4n) is 1.92. The van der Waals surface area contributed by atoms with Gasteiger partial charge in [-0.15, -0.1) is 0 Å². The predicted octanol–water partition coefficient (Wildman–Crippen LogP) is 1.15. The summed E-state index contributed by atoms with van der Waals surface area (Å²) in [6.45, 7) is 0.458. The summed E-state index contributed by atoms with van der Waals surface area (Å²) in [6, 6.07) is 9.48. The van der Waals surface area contributed by atoms with Crippen LogP contribution in [0.25, 0.3) is 0 Å². The maximum atomic E-state index is 11.8. The largest absolute Gasteiger partial charge is 0.459 e. The number of amides is 3. The highest BCUT2D eigenvalue weighted by atomic mass is 16.5. The lowest BCUT2D eigenvalue weighted by Gasteiger charge is -2.08. The van der Waals surface area contributed by atoms with E-state index in [0.29, 0.717) is 11.4 Å². The molecule has 0 aliphatic rings. The van der Waals surface area contributed by atoms with E-state index < -0.39 is 30.9 Å². The number of hydrogen-bond acceptors (Lipinski definition) is 6. The quantitative estimate of drug-likeness (QED) is 0.637. The number of carbonyl (C=O) groups is 4. The van der Waals surface area contributed by atoms with Gasteiger partial charge in [-0.05, 0) is 30.3 Å². The van der Waals surface area contributed by atoms with Crippen molar-refractivity contribution in [3.63, 3.8) is 0 Å². The van der Waals surface area contributed by atoms with Gasteiger partial charge in [0.2, 0.25) is 5.91 Å². The Labute approximate surface area is 148 Å². The van der Waals surface area contributed by atoms with Gasteiger partial charge in [0.05, 0.1) is 6.26 Å². The highest BCUT2D eigenvalue weighted by Gasteiger charge is 2.12. The van der Waals surface area contributed by atoms with E-state index in [1.54, 1.807) is 30.3 Å². The molecule has 0 unspecified atom stereocenters. The zero-order chi connectivity index (χ0) is 18.9. The lowest BCUT2D eigenvalue weighted by atomic mass is 10.2. The standard InChI is InChI=1S/C17H17N3O6/c1-11(21)19-12-4-2-5-13(8-12)20-15(22)10-26-16(23)9-18-17(24)14-6-3-7-25-14/h2-8H,9-10H2,1H3,(H,18,24)(H,19,21)(H,20,22). The zero-order valence-corrected chi connectivity index (χ0v) is 13.9. The molecule has 0 bridgehead atoms. The Kier molecular flexibility index (Phi) is 6.49. The van der Waals surface area contributed by atoms with Crippen LogP contribution in [-0.4, -0.2) is 36.8 Å². The van der Waals surface area contributed by atoms with Crippen LogP contribution in [0.5, 0.6) is 0 Å². The smallest absolute Gasteiger partial charge is 0.325 e. The summed E-state index contributed by atoms with van der Waals surface area (Å²) in [7, 11) is 0. The second-order valence-electron chi connectivity index (χ2n) is 5.13. The Balaban J connectivity index is 1.73. The molecular formula is C17H17N3O6. The summed E-state index contributed by atoms with van der Waals surface area (Å²) in [5.41, 5.74) is 0.955. The van der Waals surface area contributed by atoms with Crippen LogP contribution in [0.4, 0.5) is 11.4 Å². The molecule has 0 aliphatic carbocycles. The Morgan fingerprint density at radius 2 is 1.77 bits per heavy atom. The normalized spacial score (nSPS) is 9.88. The maximum absolute atomic E-state index is 11.8. The first-order valence-corrected chi connectivity index (χ1v) is 7.59. The van der Waals surface area contributed by atoms with Crippen LogP contribution < -0.4 is 16.0 Å². The third-order valence-corrected chi connectivity index (χ3v) is 2.97. The van der Waals surface area contributed by atoms with Crippen molar-refractivity contribution in [3.8, 4) is 0 Å². The number of hydrogen-bond donors (Lipinski definition) is 3. The molecule has 0 radical (unpaired) electrons. The van der Waals surface area contributed by atoms with E-state index in [-0.39, 0.29) is 11.7 Å². The molecular weight excluding hydrogens is 342 g/mol. The van der Waals surface area contributed by atoms with Crippen molar-refractivity contribution in [3.05, 3.63) is 48.4 Å². The minimum Gasteiger partial charge on any atom is -0.459 e. The molecule has 3 N–H and O–H groups in total. The molecule has 2 aromatic rings. The van der Waals surface area contributed by atoms with Crippen molar-refractivity contribution in [1.29, 1.82) is 0 Å². The summed E-state index contributed by atoms with van der Waals surface area (Å²) in [5.74, 6) is -2.07. The average molecular weight is 359 g/mol. The van der Waals surface area contributed by atoms with Crippen LogP contribution >= 0.6 is 0 Å². The van der Waals surface area contributed by atoms with Crippen LogP contribution in [0, 0.1) is 0 Å². The Bertz CT molecular complexity index is 801. The van der Waals surface area contributed by atoms with Crippen LogP contribution in [0.1, 0.15) is 17.5 Å². The molecule has 0 fully saturated rings. The molecule has 1 heterocycles. The van der Waals surface area contributed by atoms with Crippen LogP contribution in [0.3, 0.4) is 0 Å². The van der Waals surface area contributed by atoms with E-state index in [4.69, 9.17) is 9.15 Å². The average Bonchev–Trinajstić information content (AvgIpc) is 3.12. The fraction of sp³-hybridized carbons (Fsp3) is 0.176. The molecule has 9 heteroatoms. The van der Waals surface area contributed by atoms with Crippen molar-refractivity contribution >= 4 is 35.1 Å². The molecule has 9 nitrogen and oxygen atoms in total. The number of esters is 1. The molecule has 1 aromatic heterocycles. The summed E-state index contributed by atoms with van der Waals surface area (Å²) < 4.78 is 9.64. The summed E-state index contributed by atoms with van der Waals surface area (Å²) in [5, 5.41) is 7.42. The Hall–Kier alpha value is -3.62. The van der Waals surface area contributed by atoms with Gasteiger partial charge in [-0.1, -0.05) is 6.07 Å². The predicted molar refractivity (Wildman–Crippen MR) is 91.4 cm³/mol. The van der Waals surface area contributed by atoms with E-state index in [9.17, 15) is 19.2 Å². The van der Waals surface area contributed by atoms with Gasteiger partial charge < -0.3 is 25.1 Å². The monoisotopic (exact) mass is 359 g/mol. The zero-order valence-electron chi connectivity index (χ0n) is 13.9. The molecule has 0 saturated carbocycles. The maximum Gasteiger partial charge on any atom is 0.325 e. The number of benzene rings is 1. The fourth-order valence-corrected chi connectivity index (χ4v) is 1.92. The number of nitrogens with one attached hydrogen (secondary N) is 3. The molecule has 2 rings (SSSR count). The van der Waals surface area contributed by atoms with E-state index in [1.165, 1.54) is 19.3 Å². The molecule has 1 aromatic carbocycles. The number of carbonyl (C=O) groups excluding carboxylic acids is 4. The van der Waals surface area contributed by atoms with E-state index in [2.05, 4.69) is 16.0 Å². The van der Waals surface area contributed by atoms with Crippen LogP contribution in [-0.2, 0) is 19.1 Å². The summed E-state index contributed by atoms with van der Waals surface area (Å²) >= 11 is 0. The van der Waals surface area contributed by atoms with Crippen molar-refractivity contribution in [2.24, 2.45) is 0 Å². The first-order chi connectivity index (χ1) is 12.4. The molecule has 3 amide bonds. The molecule has 0 aliphatic heterocycles. The van der Waals surface area contributed by atoms with Gasteiger partial charge in [0.25, 0.3) is 11.8 Å². The minimum absolute atomic E-state index is 0.0644. The van der Waals surface area contributed by atoms with Crippen molar-refractivity contribution in [2.75, 3.05) is 23.8 Å². The first kappa shape index (κ1) is 18.7. The third kappa shape index (κ3) is 6.11. The molecule has 0 spiro atoms. The number of rotatable bonds is 7. The highest BCUT2D eigenvalue weighted by molar-refractivity contribution is 5.95. The van der Waals surface area contributed by atoms with Gasteiger partial charge in [-0.3, -0.25) is 19.2 Å². The topological polar surface area (TPSA) is 127 Å². The second-order valence-corrected chi connectivity index (χ2v) is 5.13. The van der Waals surface area contributed by atoms with E-state index in [1.807, 2.05) is 0 Å². The van der Waals surface area contributed by atoms with Gasteiger partial charge >= 0.3 is 5.97 Å². The molecule has 136 valence electrons. The van der Waals surface area contributed by atoms with Crippen molar-refractivity contribution < 1.29 is 28.3 Å². The Morgan fingerprint density at radius 3 is 2.42 bits per heavy atom. The van der Waals surface area contributed by atoms with Gasteiger partial charge in [0.15, 0.2) is 12.4 Å². The lowest BCUT2D eigenvalue weighted by Crippen LogP contribution is -2.32. The van der Waals surface area contributed by atoms with Gasteiger partial charge in [-0.2, -0.15) is 0 Å². The van der Waals surface area contributed by atoms with Gasteiger partial charge in [0.1, 0.15) is 6.54 Å². The Morgan fingerprint density at radius 1 is 1.04 bits per heavy atom. The minimum atomic E-state index is -0.771. The molecule has 26 heavy (non-hydrogen) atoms. The van der Waals surface area contributed by atoms with E-state index in [0.717, 1.165) is 0 Å². The van der Waals surface area contributed by atoms with Crippen molar-refractivity contribution in [1.82, 2.24) is 5.32 Å².